The summed E-state index contributed by atoms with van der Waals surface area (Å²) in [6.07, 6.45) is 0. The van der Waals surface area contributed by atoms with Crippen LogP contribution < -0.4 is 5.32 Å². The maximum atomic E-state index is 5.93. The Balaban J connectivity index is 1.61. The Labute approximate surface area is 99.2 Å². The highest BCUT2D eigenvalue weighted by Crippen LogP contribution is 2.29. The first-order valence-electron chi connectivity index (χ1n) is 5.48. The Morgan fingerprint density at radius 2 is 2.07 bits per heavy atom. The van der Waals surface area contributed by atoms with Crippen molar-refractivity contribution in [1.29, 1.82) is 0 Å². The summed E-state index contributed by atoms with van der Waals surface area (Å²) in [5, 5.41) is 3.47. The summed E-state index contributed by atoms with van der Waals surface area (Å²) in [5.41, 5.74) is 0. The summed E-state index contributed by atoms with van der Waals surface area (Å²) < 4.78 is 0.908. The van der Waals surface area contributed by atoms with Gasteiger partial charge in [-0.25, -0.2) is 0 Å². The van der Waals surface area contributed by atoms with Crippen LogP contribution in [0.25, 0.3) is 0 Å². The maximum absolute atomic E-state index is 5.93. The lowest BCUT2D eigenvalue weighted by atomic mass is 10.0. The Bertz CT molecular complexity index is 340. The van der Waals surface area contributed by atoms with Crippen molar-refractivity contribution in [1.82, 2.24) is 10.2 Å². The summed E-state index contributed by atoms with van der Waals surface area (Å²) in [6, 6.07) is 4.15. The molecule has 1 aromatic heterocycles. The fraction of sp³-hybridized carbons (Fsp3) is 0.636. The molecule has 3 heterocycles. The minimum Gasteiger partial charge on any atom is -0.316 e. The lowest BCUT2D eigenvalue weighted by Gasteiger charge is -2.15. The molecule has 2 nitrogen and oxygen atoms in total. The van der Waals surface area contributed by atoms with Crippen LogP contribution in [0.3, 0.4) is 0 Å². The molecule has 2 aliphatic heterocycles. The molecule has 2 atom stereocenters. The molecule has 0 saturated carbocycles. The van der Waals surface area contributed by atoms with Crippen molar-refractivity contribution in [2.75, 3.05) is 26.2 Å². The van der Waals surface area contributed by atoms with Gasteiger partial charge in [-0.2, -0.15) is 0 Å². The highest BCUT2D eigenvalue weighted by molar-refractivity contribution is 7.16. The van der Waals surface area contributed by atoms with E-state index in [9.17, 15) is 0 Å². The van der Waals surface area contributed by atoms with E-state index in [-0.39, 0.29) is 0 Å². The van der Waals surface area contributed by atoms with Gasteiger partial charge in [0.05, 0.1) is 4.34 Å². The molecule has 4 heteroatoms. The molecule has 15 heavy (non-hydrogen) atoms. The first kappa shape index (κ1) is 10.1. The maximum Gasteiger partial charge on any atom is 0.0931 e. The van der Waals surface area contributed by atoms with Crippen molar-refractivity contribution in [2.24, 2.45) is 11.8 Å². The third-order valence-corrected chi connectivity index (χ3v) is 4.69. The van der Waals surface area contributed by atoms with E-state index in [4.69, 9.17) is 11.6 Å². The number of halogens is 1. The number of fused-ring (bicyclic) bond motifs is 1. The van der Waals surface area contributed by atoms with Gasteiger partial charge in [0.15, 0.2) is 0 Å². The normalized spacial score (nSPS) is 31.0. The van der Waals surface area contributed by atoms with Gasteiger partial charge in [0.2, 0.25) is 0 Å². The monoisotopic (exact) mass is 242 g/mol. The highest BCUT2D eigenvalue weighted by atomic mass is 35.5. The summed E-state index contributed by atoms with van der Waals surface area (Å²) in [4.78, 5) is 3.96. The van der Waals surface area contributed by atoms with Crippen LogP contribution in [0.5, 0.6) is 0 Å². The number of rotatable bonds is 2. The SMILES string of the molecule is Clc1ccc(CN2CC3CNCC3C2)s1. The largest absolute Gasteiger partial charge is 0.316 e. The Hall–Kier alpha value is -0.0900. The van der Waals surface area contributed by atoms with Gasteiger partial charge in [-0.05, 0) is 37.1 Å². The van der Waals surface area contributed by atoms with E-state index < -0.39 is 0 Å². The van der Waals surface area contributed by atoms with E-state index in [1.807, 2.05) is 6.07 Å². The van der Waals surface area contributed by atoms with Crippen LogP contribution in [0.1, 0.15) is 4.88 Å². The molecule has 1 aromatic rings. The van der Waals surface area contributed by atoms with E-state index in [0.29, 0.717) is 0 Å². The zero-order chi connectivity index (χ0) is 10.3. The van der Waals surface area contributed by atoms with Crippen molar-refractivity contribution in [3.63, 3.8) is 0 Å². The predicted octanol–water partition coefficient (Wildman–Crippen LogP) is 2.05. The van der Waals surface area contributed by atoms with Gasteiger partial charge in [0.1, 0.15) is 0 Å². The lowest BCUT2D eigenvalue weighted by Crippen LogP contribution is -2.24. The van der Waals surface area contributed by atoms with E-state index in [2.05, 4.69) is 16.3 Å². The van der Waals surface area contributed by atoms with Crippen LogP contribution in [0.4, 0.5) is 0 Å². The minimum atomic E-state index is 0.889. The zero-order valence-electron chi connectivity index (χ0n) is 8.58. The van der Waals surface area contributed by atoms with Crippen molar-refractivity contribution in [2.45, 2.75) is 6.54 Å². The summed E-state index contributed by atoms with van der Waals surface area (Å²) in [5.74, 6) is 1.78. The van der Waals surface area contributed by atoms with Crippen LogP contribution in [0, 0.1) is 11.8 Å². The smallest absolute Gasteiger partial charge is 0.0931 e. The number of nitrogens with one attached hydrogen (secondary N) is 1. The standard InChI is InChI=1S/C11H15ClN2S/c12-11-2-1-10(15-11)7-14-5-8-3-13-4-9(8)6-14/h1-2,8-9,13H,3-7H2. The average molecular weight is 243 g/mol. The van der Waals surface area contributed by atoms with Crippen LogP contribution in [0.2, 0.25) is 4.34 Å². The predicted molar refractivity (Wildman–Crippen MR) is 64.5 cm³/mol. The average Bonchev–Trinajstić information content (AvgIpc) is 2.81. The molecule has 0 aliphatic carbocycles. The Morgan fingerprint density at radius 1 is 1.33 bits per heavy atom. The molecule has 2 saturated heterocycles. The molecule has 0 bridgehead atoms. The number of likely N-dealkylation sites (tertiary alicyclic amines) is 1. The van der Waals surface area contributed by atoms with E-state index >= 15 is 0 Å². The van der Waals surface area contributed by atoms with Crippen LogP contribution >= 0.6 is 22.9 Å². The van der Waals surface area contributed by atoms with E-state index in [1.54, 1.807) is 11.3 Å². The summed E-state index contributed by atoms with van der Waals surface area (Å²) in [6.45, 7) is 6.03. The molecule has 2 fully saturated rings. The Kier molecular flexibility index (Phi) is 2.73. The van der Waals surface area contributed by atoms with Crippen molar-refractivity contribution in [3.05, 3.63) is 21.3 Å². The topological polar surface area (TPSA) is 15.3 Å². The van der Waals surface area contributed by atoms with Gasteiger partial charge < -0.3 is 5.32 Å². The fourth-order valence-corrected chi connectivity index (χ4v) is 3.87. The summed E-state index contributed by atoms with van der Waals surface area (Å²) >= 11 is 7.64. The van der Waals surface area contributed by atoms with Gasteiger partial charge in [0.25, 0.3) is 0 Å². The van der Waals surface area contributed by atoms with Crippen molar-refractivity contribution < 1.29 is 0 Å². The second kappa shape index (κ2) is 4.06. The molecule has 0 amide bonds. The van der Waals surface area contributed by atoms with Crippen LogP contribution in [-0.4, -0.2) is 31.1 Å². The molecular formula is C11H15ClN2S. The lowest BCUT2D eigenvalue weighted by molar-refractivity contribution is 0.308. The second-order valence-corrected chi connectivity index (χ2v) is 6.38. The van der Waals surface area contributed by atoms with Gasteiger partial charge in [-0.3, -0.25) is 4.90 Å². The molecule has 0 spiro atoms. The van der Waals surface area contributed by atoms with E-state index in [1.165, 1.54) is 31.1 Å². The van der Waals surface area contributed by atoms with Crippen molar-refractivity contribution in [3.8, 4) is 0 Å². The van der Waals surface area contributed by atoms with Crippen LogP contribution in [0.15, 0.2) is 12.1 Å². The Morgan fingerprint density at radius 3 is 2.67 bits per heavy atom. The van der Waals surface area contributed by atoms with Gasteiger partial charge in [-0.15, -0.1) is 11.3 Å². The first-order chi connectivity index (χ1) is 7.31. The van der Waals surface area contributed by atoms with E-state index in [0.717, 1.165) is 22.7 Å². The quantitative estimate of drug-likeness (QED) is 0.854. The first-order valence-corrected chi connectivity index (χ1v) is 6.68. The molecule has 0 aromatic carbocycles. The number of thiophene rings is 1. The van der Waals surface area contributed by atoms with Gasteiger partial charge >= 0.3 is 0 Å². The fourth-order valence-electron chi connectivity index (χ4n) is 2.74. The number of hydrogen-bond acceptors (Lipinski definition) is 3. The van der Waals surface area contributed by atoms with Crippen LogP contribution in [-0.2, 0) is 6.54 Å². The van der Waals surface area contributed by atoms with Gasteiger partial charge in [0, 0.05) is 24.5 Å². The molecule has 2 unspecified atom stereocenters. The molecule has 3 rings (SSSR count). The molecule has 82 valence electrons. The van der Waals surface area contributed by atoms with Gasteiger partial charge in [-0.1, -0.05) is 11.6 Å². The molecule has 0 radical (unpaired) electrons. The van der Waals surface area contributed by atoms with Crippen molar-refractivity contribution >= 4 is 22.9 Å². The third kappa shape index (κ3) is 2.07. The number of hydrogen-bond donors (Lipinski definition) is 1. The molecular weight excluding hydrogens is 228 g/mol. The minimum absolute atomic E-state index is 0.889. The number of nitrogens with zero attached hydrogens (tertiary/aromatic N) is 1. The molecule has 1 N–H and O–H groups in total. The zero-order valence-corrected chi connectivity index (χ0v) is 10.2. The highest BCUT2D eigenvalue weighted by Gasteiger charge is 2.35. The molecule has 2 aliphatic rings. The summed E-state index contributed by atoms with van der Waals surface area (Å²) in [7, 11) is 0. The second-order valence-electron chi connectivity index (χ2n) is 4.58. The third-order valence-electron chi connectivity index (χ3n) is 3.47.